The van der Waals surface area contributed by atoms with Gasteiger partial charge in [0, 0.05) is 29.8 Å². The molecule has 0 unspecified atom stereocenters. The molecule has 3 aromatic rings. The third kappa shape index (κ3) is 6.84. The molecule has 3 aromatic carbocycles. The van der Waals surface area contributed by atoms with Crippen LogP contribution in [0.3, 0.4) is 0 Å². The van der Waals surface area contributed by atoms with Crippen LogP contribution >= 0.6 is 34.8 Å². The lowest BCUT2D eigenvalue weighted by atomic mass is 10.1. The van der Waals surface area contributed by atoms with E-state index in [1.165, 1.54) is 0 Å². The van der Waals surface area contributed by atoms with Crippen molar-refractivity contribution in [3.8, 4) is 11.5 Å². The summed E-state index contributed by atoms with van der Waals surface area (Å²) in [5.74, 6) is 0.822. The highest BCUT2D eigenvalue weighted by molar-refractivity contribution is 6.37. The number of hydrogen-bond donors (Lipinski definition) is 1. The zero-order valence-corrected chi connectivity index (χ0v) is 24.3. The number of aryl methyl sites for hydroxylation is 1. The van der Waals surface area contributed by atoms with Crippen LogP contribution < -0.4 is 19.7 Å². The molecule has 2 amide bonds. The second kappa shape index (κ2) is 12.7. The summed E-state index contributed by atoms with van der Waals surface area (Å²) in [5.41, 5.74) is 2.60. The van der Waals surface area contributed by atoms with E-state index in [-0.39, 0.29) is 37.6 Å². The first kappa shape index (κ1) is 28.6. The van der Waals surface area contributed by atoms with Gasteiger partial charge in [-0.25, -0.2) is 0 Å². The van der Waals surface area contributed by atoms with Gasteiger partial charge in [0.1, 0.15) is 25.0 Å². The summed E-state index contributed by atoms with van der Waals surface area (Å²) in [6, 6.07) is 17.8. The fraction of sp³-hybridized carbons (Fsp3) is 0.333. The summed E-state index contributed by atoms with van der Waals surface area (Å²) >= 11 is 18.5. The van der Waals surface area contributed by atoms with E-state index in [2.05, 4.69) is 5.32 Å². The van der Waals surface area contributed by atoms with Crippen molar-refractivity contribution in [1.29, 1.82) is 0 Å². The quantitative estimate of drug-likeness (QED) is 0.292. The molecule has 1 heterocycles. The molecule has 10 heteroatoms. The third-order valence-corrected chi connectivity index (χ3v) is 7.69. The Balaban J connectivity index is 1.23. The maximum atomic E-state index is 13.8. The van der Waals surface area contributed by atoms with E-state index in [0.717, 1.165) is 24.0 Å². The van der Waals surface area contributed by atoms with Crippen molar-refractivity contribution in [2.75, 3.05) is 31.2 Å². The highest BCUT2D eigenvalue weighted by Gasteiger charge is 2.41. The molecule has 1 saturated carbocycles. The molecule has 40 heavy (non-hydrogen) atoms. The van der Waals surface area contributed by atoms with E-state index in [1.807, 2.05) is 36.1 Å². The highest BCUT2D eigenvalue weighted by atomic mass is 35.5. The Bertz CT molecular complexity index is 1340. The Morgan fingerprint density at radius 1 is 0.975 bits per heavy atom. The Labute approximate surface area is 248 Å². The van der Waals surface area contributed by atoms with Crippen molar-refractivity contribution < 1.29 is 19.1 Å². The summed E-state index contributed by atoms with van der Waals surface area (Å²) < 4.78 is 11.5. The van der Waals surface area contributed by atoms with Crippen LogP contribution in [0.4, 0.5) is 5.69 Å². The summed E-state index contributed by atoms with van der Waals surface area (Å²) in [4.78, 5) is 30.3. The Kier molecular flexibility index (Phi) is 9.06. The maximum Gasteiger partial charge on any atom is 0.247 e. The molecule has 1 atom stereocenters. The van der Waals surface area contributed by atoms with Gasteiger partial charge < -0.3 is 19.7 Å². The van der Waals surface area contributed by atoms with Gasteiger partial charge in [0.15, 0.2) is 5.75 Å². The van der Waals surface area contributed by atoms with Gasteiger partial charge in [-0.2, -0.15) is 0 Å². The molecule has 7 nitrogen and oxygen atoms in total. The minimum atomic E-state index is -0.640. The van der Waals surface area contributed by atoms with E-state index in [1.54, 1.807) is 41.3 Å². The van der Waals surface area contributed by atoms with E-state index in [9.17, 15) is 9.59 Å². The number of nitrogens with one attached hydrogen (secondary N) is 1. The van der Waals surface area contributed by atoms with Gasteiger partial charge in [-0.15, -0.1) is 0 Å². The molecule has 1 saturated heterocycles. The average Bonchev–Trinajstić information content (AvgIpc) is 3.77. The van der Waals surface area contributed by atoms with Crippen LogP contribution in [0.5, 0.6) is 11.5 Å². The highest BCUT2D eigenvalue weighted by Crippen LogP contribution is 2.34. The summed E-state index contributed by atoms with van der Waals surface area (Å²) in [6.07, 6.45) is 1.93. The van der Waals surface area contributed by atoms with Crippen molar-refractivity contribution in [3.63, 3.8) is 0 Å². The molecule has 1 N–H and O–H groups in total. The van der Waals surface area contributed by atoms with Gasteiger partial charge >= 0.3 is 0 Å². The van der Waals surface area contributed by atoms with Crippen LogP contribution in [0.1, 0.15) is 24.0 Å². The summed E-state index contributed by atoms with van der Waals surface area (Å²) in [6.45, 7) is 3.46. The predicted octanol–water partition coefficient (Wildman–Crippen LogP) is 5.91. The Morgan fingerprint density at radius 3 is 2.27 bits per heavy atom. The molecule has 0 spiro atoms. The van der Waals surface area contributed by atoms with Crippen LogP contribution in [-0.4, -0.2) is 55.1 Å². The molecule has 0 radical (unpaired) electrons. The van der Waals surface area contributed by atoms with E-state index in [4.69, 9.17) is 44.3 Å². The van der Waals surface area contributed by atoms with Crippen molar-refractivity contribution in [2.45, 2.75) is 38.4 Å². The number of rotatable bonds is 10. The maximum absolute atomic E-state index is 13.8. The number of anilines is 1. The van der Waals surface area contributed by atoms with Gasteiger partial charge in [-0.3, -0.25) is 14.5 Å². The van der Waals surface area contributed by atoms with Crippen LogP contribution in [0.2, 0.25) is 15.1 Å². The fourth-order valence-electron chi connectivity index (χ4n) is 4.77. The standard InChI is InChI=1S/C30H30Cl3N3O4/c1-19-14-25(32)29(26(33)15-19)40-13-12-39-24-10-8-23(9-11-24)36-27(16-34-17-28(36)37)30(38)35(22-6-7-22)18-20-2-4-21(31)5-3-20/h2-5,8-11,14-15,22,27,34H,6-7,12-13,16-18H2,1H3/t27-/m1/s1. The van der Waals surface area contributed by atoms with E-state index in [0.29, 0.717) is 45.3 Å². The number of hydrogen-bond acceptors (Lipinski definition) is 5. The van der Waals surface area contributed by atoms with Gasteiger partial charge in [-0.05, 0) is 79.4 Å². The average molecular weight is 603 g/mol. The molecule has 5 rings (SSSR count). The first-order chi connectivity index (χ1) is 19.3. The molecule has 0 aromatic heterocycles. The normalized spacial score (nSPS) is 17.1. The van der Waals surface area contributed by atoms with Crippen LogP contribution in [-0.2, 0) is 16.1 Å². The number of carbonyl (C=O) groups is 2. The molecule has 1 aliphatic carbocycles. The second-order valence-corrected chi connectivity index (χ2v) is 11.2. The molecule has 210 valence electrons. The van der Waals surface area contributed by atoms with Crippen molar-refractivity contribution >= 4 is 52.3 Å². The monoisotopic (exact) mass is 601 g/mol. The lowest BCUT2D eigenvalue weighted by Gasteiger charge is -2.38. The number of carbonyl (C=O) groups excluding carboxylic acids is 2. The van der Waals surface area contributed by atoms with Gasteiger partial charge in [0.05, 0.1) is 16.6 Å². The van der Waals surface area contributed by atoms with E-state index < -0.39 is 6.04 Å². The van der Waals surface area contributed by atoms with Crippen molar-refractivity contribution in [3.05, 3.63) is 86.9 Å². The van der Waals surface area contributed by atoms with Crippen LogP contribution in [0, 0.1) is 6.92 Å². The second-order valence-electron chi connectivity index (χ2n) is 9.98. The minimum absolute atomic E-state index is 0.0658. The topological polar surface area (TPSA) is 71.1 Å². The number of piperazine rings is 1. The van der Waals surface area contributed by atoms with Crippen molar-refractivity contribution in [2.24, 2.45) is 0 Å². The zero-order valence-electron chi connectivity index (χ0n) is 22.0. The van der Waals surface area contributed by atoms with Crippen molar-refractivity contribution in [1.82, 2.24) is 10.2 Å². The first-order valence-electron chi connectivity index (χ1n) is 13.2. The lowest BCUT2D eigenvalue weighted by Crippen LogP contribution is -2.61. The molecular formula is C30H30Cl3N3O4. The smallest absolute Gasteiger partial charge is 0.247 e. The van der Waals surface area contributed by atoms with Gasteiger partial charge in [-0.1, -0.05) is 46.9 Å². The first-order valence-corrected chi connectivity index (χ1v) is 14.3. The summed E-state index contributed by atoms with van der Waals surface area (Å²) in [7, 11) is 0. The fourth-order valence-corrected chi connectivity index (χ4v) is 5.60. The zero-order chi connectivity index (χ0) is 28.2. The number of nitrogens with zero attached hydrogens (tertiary/aromatic N) is 2. The summed E-state index contributed by atoms with van der Waals surface area (Å²) in [5, 5.41) is 4.66. The lowest BCUT2D eigenvalue weighted by molar-refractivity contribution is -0.136. The molecular weight excluding hydrogens is 573 g/mol. The molecule has 0 bridgehead atoms. The van der Waals surface area contributed by atoms with E-state index >= 15 is 0 Å². The van der Waals surface area contributed by atoms with Crippen LogP contribution in [0.15, 0.2) is 60.7 Å². The van der Waals surface area contributed by atoms with Gasteiger partial charge in [0.2, 0.25) is 11.8 Å². The van der Waals surface area contributed by atoms with Crippen LogP contribution in [0.25, 0.3) is 0 Å². The number of halogens is 3. The molecule has 1 aliphatic heterocycles. The van der Waals surface area contributed by atoms with Gasteiger partial charge in [0.25, 0.3) is 0 Å². The predicted molar refractivity (Wildman–Crippen MR) is 158 cm³/mol. The largest absolute Gasteiger partial charge is 0.490 e. The third-order valence-electron chi connectivity index (χ3n) is 6.87. The Morgan fingerprint density at radius 2 is 1.62 bits per heavy atom. The number of amides is 2. The molecule has 2 aliphatic rings. The minimum Gasteiger partial charge on any atom is -0.490 e. The molecule has 2 fully saturated rings. The SMILES string of the molecule is Cc1cc(Cl)c(OCCOc2ccc(N3C(=O)CNC[C@@H]3C(=O)N(Cc3ccc(Cl)cc3)C3CC3)cc2)c(Cl)c1. The number of benzene rings is 3. The Hall–Kier alpha value is -2.97. The number of ether oxygens (including phenoxy) is 2.